The molecule has 1 amide bonds. The summed E-state index contributed by atoms with van der Waals surface area (Å²) in [5.74, 6) is -0.690. The Kier molecular flexibility index (Phi) is 4.74. The molecule has 0 radical (unpaired) electrons. The topological polar surface area (TPSA) is 104 Å². The van der Waals surface area contributed by atoms with Gasteiger partial charge in [-0.25, -0.2) is 4.79 Å². The van der Waals surface area contributed by atoms with Crippen molar-refractivity contribution >= 4 is 11.9 Å². The van der Waals surface area contributed by atoms with E-state index >= 15 is 0 Å². The number of carboxylic acids is 1. The number of H-pyrrole nitrogens is 1. The third-order valence-electron chi connectivity index (χ3n) is 4.68. The van der Waals surface area contributed by atoms with Gasteiger partial charge in [-0.05, 0) is 43.2 Å². The molecule has 25 heavy (non-hydrogen) atoms. The number of hydrogen-bond acceptors (Lipinski definition) is 4. The summed E-state index contributed by atoms with van der Waals surface area (Å²) in [6.07, 6.45) is 3.50. The highest BCUT2D eigenvalue weighted by molar-refractivity contribution is 5.97. The van der Waals surface area contributed by atoms with Crippen LogP contribution in [0.5, 0.6) is 5.75 Å². The highest BCUT2D eigenvalue weighted by Gasteiger charge is 2.41. The third-order valence-corrected chi connectivity index (χ3v) is 4.68. The number of carbonyl (C=O) groups is 2. The van der Waals surface area contributed by atoms with Crippen molar-refractivity contribution in [1.82, 2.24) is 15.5 Å². The van der Waals surface area contributed by atoms with Crippen molar-refractivity contribution in [2.24, 2.45) is 0 Å². The molecule has 0 bridgehead atoms. The first-order chi connectivity index (χ1) is 12.0. The third kappa shape index (κ3) is 3.50. The van der Waals surface area contributed by atoms with Crippen molar-refractivity contribution in [1.29, 1.82) is 0 Å². The first-order valence-electron chi connectivity index (χ1n) is 8.30. The van der Waals surface area contributed by atoms with E-state index in [2.05, 4.69) is 15.5 Å². The molecule has 1 saturated carbocycles. The first-order valence-corrected chi connectivity index (χ1v) is 8.30. The van der Waals surface area contributed by atoms with Gasteiger partial charge in [0.1, 0.15) is 17.0 Å². The minimum Gasteiger partial charge on any atom is -0.497 e. The van der Waals surface area contributed by atoms with Crippen LogP contribution in [0.15, 0.2) is 30.3 Å². The smallest absolute Gasteiger partial charge is 0.329 e. The number of carboxylic acid groups (broad SMARTS) is 1. The quantitative estimate of drug-likeness (QED) is 0.774. The van der Waals surface area contributed by atoms with Gasteiger partial charge in [-0.1, -0.05) is 19.3 Å². The summed E-state index contributed by atoms with van der Waals surface area (Å²) in [6.45, 7) is 0. The summed E-state index contributed by atoms with van der Waals surface area (Å²) < 4.78 is 5.12. The lowest BCUT2D eigenvalue weighted by atomic mass is 9.81. The van der Waals surface area contributed by atoms with Crippen LogP contribution in [0.4, 0.5) is 0 Å². The molecule has 0 atom stereocenters. The van der Waals surface area contributed by atoms with Gasteiger partial charge in [0.15, 0.2) is 0 Å². The molecule has 1 aromatic carbocycles. The monoisotopic (exact) mass is 343 g/mol. The number of amides is 1. The van der Waals surface area contributed by atoms with Crippen molar-refractivity contribution in [2.45, 2.75) is 37.6 Å². The van der Waals surface area contributed by atoms with Gasteiger partial charge in [-0.3, -0.25) is 9.89 Å². The number of nitrogens with zero attached hydrogens (tertiary/aromatic N) is 1. The Balaban J connectivity index is 1.76. The van der Waals surface area contributed by atoms with Gasteiger partial charge < -0.3 is 15.2 Å². The molecule has 132 valence electrons. The minimum absolute atomic E-state index is 0.247. The number of nitrogens with one attached hydrogen (secondary N) is 2. The standard InChI is InChI=1S/C18H21N3O4/c1-25-13-7-5-12(6-8-13)14-11-15(21-20-14)16(22)19-18(17(23)24)9-3-2-4-10-18/h5-8,11H,2-4,9-10H2,1H3,(H,19,22)(H,20,21)(H,23,24). The van der Waals surface area contributed by atoms with Gasteiger partial charge in [-0.15, -0.1) is 0 Å². The second-order valence-corrected chi connectivity index (χ2v) is 6.30. The number of benzene rings is 1. The summed E-state index contributed by atoms with van der Waals surface area (Å²) >= 11 is 0. The first kappa shape index (κ1) is 17.0. The zero-order chi connectivity index (χ0) is 17.9. The fourth-order valence-corrected chi connectivity index (χ4v) is 3.18. The van der Waals surface area contributed by atoms with Crippen LogP contribution in [-0.4, -0.2) is 39.8 Å². The zero-order valence-corrected chi connectivity index (χ0v) is 14.0. The molecule has 0 unspecified atom stereocenters. The molecule has 3 rings (SSSR count). The summed E-state index contributed by atoms with van der Waals surface area (Å²) in [5.41, 5.74) is 0.514. The van der Waals surface area contributed by atoms with Crippen LogP contribution < -0.4 is 10.1 Å². The van der Waals surface area contributed by atoms with E-state index in [4.69, 9.17) is 4.74 Å². The number of hydrogen-bond donors (Lipinski definition) is 3. The van der Waals surface area contributed by atoms with Crippen LogP contribution in [0.1, 0.15) is 42.6 Å². The van der Waals surface area contributed by atoms with E-state index in [-0.39, 0.29) is 5.69 Å². The lowest BCUT2D eigenvalue weighted by molar-refractivity contribution is -0.145. The highest BCUT2D eigenvalue weighted by atomic mass is 16.5. The number of carbonyl (C=O) groups excluding carboxylic acids is 1. The Labute approximate surface area is 145 Å². The highest BCUT2D eigenvalue weighted by Crippen LogP contribution is 2.29. The Morgan fingerprint density at radius 1 is 1.20 bits per heavy atom. The van der Waals surface area contributed by atoms with Crippen LogP contribution >= 0.6 is 0 Å². The maximum atomic E-state index is 12.5. The SMILES string of the molecule is COc1ccc(-c2cc(C(=O)NC3(C(=O)O)CCCCC3)[nH]n2)cc1. The Hall–Kier alpha value is -2.83. The van der Waals surface area contributed by atoms with Crippen LogP contribution in [0, 0.1) is 0 Å². The molecule has 7 heteroatoms. The van der Waals surface area contributed by atoms with Gasteiger partial charge in [0, 0.05) is 5.56 Å². The Bertz CT molecular complexity index is 761. The lowest BCUT2D eigenvalue weighted by Gasteiger charge is -2.33. The van der Waals surface area contributed by atoms with Crippen molar-refractivity contribution in [3.05, 3.63) is 36.0 Å². The van der Waals surface area contributed by atoms with E-state index in [0.717, 1.165) is 30.6 Å². The fraction of sp³-hybridized carbons (Fsp3) is 0.389. The maximum Gasteiger partial charge on any atom is 0.329 e. The van der Waals surface area contributed by atoms with E-state index in [0.29, 0.717) is 18.5 Å². The Morgan fingerprint density at radius 3 is 2.48 bits per heavy atom. The second kappa shape index (κ2) is 6.96. The normalized spacial score (nSPS) is 16.2. The predicted octanol–water partition coefficient (Wildman–Crippen LogP) is 2.60. The van der Waals surface area contributed by atoms with E-state index < -0.39 is 17.4 Å². The van der Waals surface area contributed by atoms with Crippen LogP contribution in [-0.2, 0) is 4.79 Å². The molecule has 1 aliphatic rings. The van der Waals surface area contributed by atoms with Gasteiger partial charge in [0.25, 0.3) is 5.91 Å². The van der Waals surface area contributed by atoms with E-state index in [1.807, 2.05) is 24.3 Å². The van der Waals surface area contributed by atoms with Crippen LogP contribution in [0.2, 0.25) is 0 Å². The minimum atomic E-state index is -1.18. The number of aromatic nitrogens is 2. The van der Waals surface area contributed by atoms with Gasteiger partial charge in [0.05, 0.1) is 12.8 Å². The number of ether oxygens (including phenoxy) is 1. The molecule has 1 heterocycles. The van der Waals surface area contributed by atoms with Crippen molar-refractivity contribution < 1.29 is 19.4 Å². The van der Waals surface area contributed by atoms with Gasteiger partial charge in [-0.2, -0.15) is 5.10 Å². The molecule has 1 aliphatic carbocycles. The Morgan fingerprint density at radius 2 is 1.88 bits per heavy atom. The fourth-order valence-electron chi connectivity index (χ4n) is 3.18. The summed E-state index contributed by atoms with van der Waals surface area (Å²) in [5, 5.41) is 19.1. The molecule has 1 fully saturated rings. The summed E-state index contributed by atoms with van der Waals surface area (Å²) in [7, 11) is 1.59. The largest absolute Gasteiger partial charge is 0.497 e. The molecule has 3 N–H and O–H groups in total. The number of rotatable bonds is 5. The summed E-state index contributed by atoms with van der Waals surface area (Å²) in [6, 6.07) is 8.93. The van der Waals surface area contributed by atoms with E-state index in [1.165, 1.54) is 0 Å². The van der Waals surface area contributed by atoms with E-state index in [1.54, 1.807) is 13.2 Å². The van der Waals surface area contributed by atoms with Crippen molar-refractivity contribution in [3.8, 4) is 17.0 Å². The van der Waals surface area contributed by atoms with Crippen molar-refractivity contribution in [3.63, 3.8) is 0 Å². The number of methoxy groups -OCH3 is 1. The van der Waals surface area contributed by atoms with Gasteiger partial charge >= 0.3 is 5.97 Å². The lowest BCUT2D eigenvalue weighted by Crippen LogP contribution is -2.55. The molecule has 7 nitrogen and oxygen atoms in total. The molecule has 0 aliphatic heterocycles. The van der Waals surface area contributed by atoms with Gasteiger partial charge in [0.2, 0.25) is 0 Å². The zero-order valence-electron chi connectivity index (χ0n) is 14.0. The number of aliphatic carboxylic acids is 1. The average Bonchev–Trinajstić information content (AvgIpc) is 3.13. The molecule has 0 spiro atoms. The second-order valence-electron chi connectivity index (χ2n) is 6.30. The molecular formula is C18H21N3O4. The van der Waals surface area contributed by atoms with Crippen LogP contribution in [0.25, 0.3) is 11.3 Å². The molecular weight excluding hydrogens is 322 g/mol. The maximum absolute atomic E-state index is 12.5. The van der Waals surface area contributed by atoms with E-state index in [9.17, 15) is 14.7 Å². The van der Waals surface area contributed by atoms with Crippen LogP contribution in [0.3, 0.4) is 0 Å². The average molecular weight is 343 g/mol. The molecule has 2 aromatic rings. The molecule has 1 aromatic heterocycles. The van der Waals surface area contributed by atoms with Crippen molar-refractivity contribution in [2.75, 3.05) is 7.11 Å². The summed E-state index contributed by atoms with van der Waals surface area (Å²) in [4.78, 5) is 24.2. The molecule has 0 saturated heterocycles. The predicted molar refractivity (Wildman–Crippen MR) is 91.5 cm³/mol. The number of aromatic amines is 1.